The molecule has 0 saturated heterocycles. The van der Waals surface area contributed by atoms with Gasteiger partial charge in [0.1, 0.15) is 11.5 Å². The molecule has 0 bridgehead atoms. The summed E-state index contributed by atoms with van der Waals surface area (Å²) < 4.78 is 14.7. The second kappa shape index (κ2) is 10.6. The minimum atomic E-state index is -0.821. The monoisotopic (exact) mass is 660 g/mol. The van der Waals surface area contributed by atoms with Crippen molar-refractivity contribution in [3.63, 3.8) is 0 Å². The van der Waals surface area contributed by atoms with E-state index in [1.807, 2.05) is 78.9 Å². The van der Waals surface area contributed by atoms with E-state index in [-0.39, 0.29) is 0 Å². The Morgan fingerprint density at radius 1 is 0.872 bits per heavy atom. The van der Waals surface area contributed by atoms with Gasteiger partial charge in [-0.1, -0.05) is 72.8 Å². The first-order valence-electron chi connectivity index (χ1n) is 12.3. The Hall–Kier alpha value is -3.39. The molecule has 0 aliphatic rings. The Morgan fingerprint density at radius 3 is 2.18 bits per heavy atom. The van der Waals surface area contributed by atoms with E-state index in [4.69, 9.17) is 9.47 Å². The number of fused-ring (bicyclic) bond motifs is 4. The van der Waals surface area contributed by atoms with E-state index in [0.29, 0.717) is 26.9 Å². The van der Waals surface area contributed by atoms with Crippen molar-refractivity contribution < 1.29 is 19.4 Å². The van der Waals surface area contributed by atoms with Gasteiger partial charge in [0.2, 0.25) is 0 Å². The van der Waals surface area contributed by atoms with E-state index in [2.05, 4.69) is 44.0 Å². The van der Waals surface area contributed by atoms with Crippen molar-refractivity contribution in [3.8, 4) is 22.6 Å². The normalized spacial score (nSPS) is 12.2. The average Bonchev–Trinajstić information content (AvgIpc) is 3.34. The number of hydrogen-bond donors (Lipinski definition) is 1. The van der Waals surface area contributed by atoms with Crippen molar-refractivity contribution in [3.05, 3.63) is 106 Å². The molecule has 7 heteroatoms. The van der Waals surface area contributed by atoms with Crippen LogP contribution in [0, 0.1) is 0 Å². The summed E-state index contributed by atoms with van der Waals surface area (Å²) in [7, 11) is 1.36. The van der Waals surface area contributed by atoms with Crippen molar-refractivity contribution in [1.29, 1.82) is 0 Å². The lowest BCUT2D eigenvalue weighted by molar-refractivity contribution is -0.148. The maximum absolute atomic E-state index is 12.7. The first-order chi connectivity index (χ1) is 19.0. The molecule has 39 heavy (non-hydrogen) atoms. The summed E-state index contributed by atoms with van der Waals surface area (Å²) >= 11 is 9.01. The highest BCUT2D eigenvalue weighted by Gasteiger charge is 2.26. The number of rotatable bonds is 6. The van der Waals surface area contributed by atoms with Gasteiger partial charge in [0.25, 0.3) is 0 Å². The number of thiophene rings is 1. The smallest absolute Gasteiger partial charge is 0.347 e. The van der Waals surface area contributed by atoms with Crippen LogP contribution in [-0.2, 0) is 16.0 Å². The number of methoxy groups -OCH3 is 1. The first-order valence-corrected chi connectivity index (χ1v) is 14.7. The molecule has 0 amide bonds. The van der Waals surface area contributed by atoms with Gasteiger partial charge in [-0.2, -0.15) is 0 Å². The van der Waals surface area contributed by atoms with E-state index in [0.717, 1.165) is 47.6 Å². The third kappa shape index (κ3) is 4.69. The van der Waals surface area contributed by atoms with Crippen LogP contribution in [0.15, 0.2) is 99.9 Å². The molecule has 0 radical (unpaired) electrons. The van der Waals surface area contributed by atoms with Gasteiger partial charge in [0.05, 0.1) is 20.8 Å². The van der Waals surface area contributed by atoms with Crippen molar-refractivity contribution in [2.24, 2.45) is 0 Å². The number of esters is 1. The summed E-state index contributed by atoms with van der Waals surface area (Å²) in [5.41, 5.74) is 2.94. The summed E-state index contributed by atoms with van der Waals surface area (Å²) in [5, 5.41) is 15.1. The van der Waals surface area contributed by atoms with E-state index >= 15 is 0 Å². The largest absolute Gasteiger partial charge is 0.506 e. The quantitative estimate of drug-likeness (QED) is 0.181. The highest BCUT2D eigenvalue weighted by molar-refractivity contribution is 9.11. The number of hydrogen-bond acceptors (Lipinski definition) is 5. The second-order valence-corrected chi connectivity index (χ2v) is 11.9. The van der Waals surface area contributed by atoms with Gasteiger partial charge in [-0.3, -0.25) is 0 Å². The fourth-order valence-electron chi connectivity index (χ4n) is 5.02. The van der Waals surface area contributed by atoms with Gasteiger partial charge < -0.3 is 14.6 Å². The molecule has 0 fully saturated rings. The average molecular weight is 662 g/mol. The van der Waals surface area contributed by atoms with Crippen molar-refractivity contribution in [2.45, 2.75) is 12.5 Å². The molecule has 6 aromatic rings. The summed E-state index contributed by atoms with van der Waals surface area (Å²) in [5.74, 6) is 0.364. The SMILES string of the molecule is COC(=O)[C@@H](Cc1ccccc1)Oc1c(Br)cc(-c2c3ccccc3c(O)c3sc4ccccc4c23)cc1Br. The standard InChI is InChI=1S/C32H22Br2O4S/c1-37-32(36)25(15-18-9-3-2-4-10-18)38-30-23(33)16-19(17-24(30)34)27-20-11-5-6-12-21(20)29(35)31-28(27)22-13-7-8-14-26(22)39-31/h2-14,16-17,25,35H,15H2,1H3/t25-/m1/s1. The molecule has 0 unspecified atom stereocenters. The van der Waals surface area contributed by atoms with Crippen LogP contribution in [0.1, 0.15) is 5.56 Å². The molecule has 0 spiro atoms. The molecular weight excluding hydrogens is 640 g/mol. The molecular formula is C32H22Br2O4S. The molecule has 1 N–H and O–H groups in total. The number of carbonyl (C=O) groups excluding carboxylic acids is 1. The van der Waals surface area contributed by atoms with Crippen LogP contribution in [0.2, 0.25) is 0 Å². The number of phenols is 1. The Labute approximate surface area is 246 Å². The summed E-state index contributed by atoms with van der Waals surface area (Å²) in [4.78, 5) is 12.7. The Bertz CT molecular complexity index is 1840. The van der Waals surface area contributed by atoms with E-state index in [9.17, 15) is 9.90 Å². The zero-order chi connectivity index (χ0) is 27.1. The van der Waals surface area contributed by atoms with Gasteiger partial charge >= 0.3 is 5.97 Å². The zero-order valence-electron chi connectivity index (χ0n) is 20.8. The molecule has 5 aromatic carbocycles. The fourth-order valence-corrected chi connectivity index (χ4v) is 7.56. The molecule has 1 aromatic heterocycles. The van der Waals surface area contributed by atoms with Crippen molar-refractivity contribution in [2.75, 3.05) is 7.11 Å². The second-order valence-electron chi connectivity index (χ2n) is 9.16. The minimum absolute atomic E-state index is 0.297. The minimum Gasteiger partial charge on any atom is -0.506 e. The predicted molar refractivity (Wildman–Crippen MR) is 166 cm³/mol. The highest BCUT2D eigenvalue weighted by atomic mass is 79.9. The number of ether oxygens (including phenoxy) is 2. The van der Waals surface area contributed by atoms with Crippen LogP contribution in [0.3, 0.4) is 0 Å². The molecule has 4 nitrogen and oxygen atoms in total. The van der Waals surface area contributed by atoms with E-state index < -0.39 is 12.1 Å². The number of carbonyl (C=O) groups is 1. The van der Waals surface area contributed by atoms with Gasteiger partial charge in [0.15, 0.2) is 6.10 Å². The maximum Gasteiger partial charge on any atom is 0.347 e. The van der Waals surface area contributed by atoms with E-state index in [1.54, 1.807) is 11.3 Å². The van der Waals surface area contributed by atoms with Crippen LogP contribution in [-0.4, -0.2) is 24.3 Å². The van der Waals surface area contributed by atoms with Crippen LogP contribution in [0.5, 0.6) is 11.5 Å². The van der Waals surface area contributed by atoms with Crippen molar-refractivity contribution in [1.82, 2.24) is 0 Å². The molecule has 0 saturated carbocycles. The van der Waals surface area contributed by atoms with Crippen LogP contribution in [0.4, 0.5) is 0 Å². The molecule has 0 aliphatic heterocycles. The van der Waals surface area contributed by atoms with Crippen LogP contribution in [0.25, 0.3) is 42.1 Å². The molecule has 1 heterocycles. The number of halogens is 2. The first kappa shape index (κ1) is 25.9. The number of benzene rings is 5. The van der Waals surface area contributed by atoms with Crippen LogP contribution < -0.4 is 4.74 Å². The van der Waals surface area contributed by atoms with Crippen LogP contribution >= 0.6 is 43.2 Å². The number of phenolic OH excluding ortho intramolecular Hbond substituents is 1. The lowest BCUT2D eigenvalue weighted by Crippen LogP contribution is -2.31. The predicted octanol–water partition coefficient (Wildman–Crippen LogP) is 9.27. The summed E-state index contributed by atoms with van der Waals surface area (Å²) in [6.45, 7) is 0. The summed E-state index contributed by atoms with van der Waals surface area (Å²) in [6, 6.07) is 29.8. The van der Waals surface area contributed by atoms with Gasteiger partial charge in [-0.15, -0.1) is 11.3 Å². The van der Waals surface area contributed by atoms with Gasteiger partial charge in [-0.05, 0) is 72.1 Å². The van der Waals surface area contributed by atoms with Gasteiger partial charge in [0, 0.05) is 27.3 Å². The molecule has 194 valence electrons. The lowest BCUT2D eigenvalue weighted by atomic mass is 9.93. The van der Waals surface area contributed by atoms with Crippen molar-refractivity contribution >= 4 is 80.1 Å². The third-order valence-corrected chi connectivity index (χ3v) is 9.14. The third-order valence-electron chi connectivity index (χ3n) is 6.79. The highest BCUT2D eigenvalue weighted by Crippen LogP contribution is 2.50. The maximum atomic E-state index is 12.7. The van der Waals surface area contributed by atoms with E-state index in [1.165, 1.54) is 7.11 Å². The topological polar surface area (TPSA) is 55.8 Å². The van der Waals surface area contributed by atoms with Gasteiger partial charge in [-0.25, -0.2) is 4.79 Å². The summed E-state index contributed by atoms with van der Waals surface area (Å²) in [6.07, 6.45) is -0.448. The zero-order valence-corrected chi connectivity index (χ0v) is 24.8. The molecule has 1 atom stereocenters. The lowest BCUT2D eigenvalue weighted by Gasteiger charge is -2.20. The number of aromatic hydroxyl groups is 1. The Balaban J connectivity index is 1.51. The Morgan fingerprint density at radius 2 is 1.49 bits per heavy atom. The fraction of sp³-hybridized carbons (Fsp3) is 0.0938. The Kier molecular flexibility index (Phi) is 7.06. The molecule has 6 rings (SSSR count). The molecule has 0 aliphatic carbocycles.